The summed E-state index contributed by atoms with van der Waals surface area (Å²) in [5.41, 5.74) is -0.491. The molecule has 0 saturated carbocycles. The molecule has 1 heterocycles. The Morgan fingerprint density at radius 3 is 2.35 bits per heavy atom. The molecular weight excluding hydrogens is 311 g/mol. The standard InChI is InChI=1S/C11H10Cl2N2O5/c12-6-1-5(2-7(10(6)13)15(19)20)11(18)14-3-8(16)9(17)4-14/h1-2,8-9,16-17H,3-4H2/t8-,9+. The van der Waals surface area contributed by atoms with Crippen LogP contribution in [0.5, 0.6) is 0 Å². The first kappa shape index (κ1) is 15.0. The Labute approximate surface area is 123 Å². The van der Waals surface area contributed by atoms with E-state index in [1.165, 1.54) is 11.0 Å². The first-order chi connectivity index (χ1) is 9.31. The summed E-state index contributed by atoms with van der Waals surface area (Å²) in [5, 5.41) is 29.3. The lowest BCUT2D eigenvalue weighted by Crippen LogP contribution is -2.29. The second-order valence-corrected chi connectivity index (χ2v) is 5.18. The normalized spacial score (nSPS) is 22.1. The Balaban J connectivity index is 2.34. The Kier molecular flexibility index (Phi) is 4.14. The maximum atomic E-state index is 12.2. The number of nitro groups is 1. The number of hydrogen-bond acceptors (Lipinski definition) is 5. The molecule has 1 aliphatic rings. The van der Waals surface area contributed by atoms with Gasteiger partial charge in [0.2, 0.25) is 0 Å². The predicted molar refractivity (Wildman–Crippen MR) is 71.0 cm³/mol. The van der Waals surface area contributed by atoms with Gasteiger partial charge in [0.15, 0.2) is 0 Å². The molecule has 0 aliphatic carbocycles. The minimum atomic E-state index is -1.03. The number of carbonyl (C=O) groups is 1. The van der Waals surface area contributed by atoms with Gasteiger partial charge in [0.1, 0.15) is 5.02 Å². The van der Waals surface area contributed by atoms with E-state index in [0.717, 1.165) is 6.07 Å². The zero-order chi connectivity index (χ0) is 15.0. The summed E-state index contributed by atoms with van der Waals surface area (Å²) < 4.78 is 0. The molecule has 108 valence electrons. The average Bonchev–Trinajstić information content (AvgIpc) is 2.71. The van der Waals surface area contributed by atoms with Gasteiger partial charge < -0.3 is 15.1 Å². The summed E-state index contributed by atoms with van der Waals surface area (Å²) >= 11 is 11.5. The average molecular weight is 321 g/mol. The van der Waals surface area contributed by atoms with Crippen LogP contribution < -0.4 is 0 Å². The van der Waals surface area contributed by atoms with Gasteiger partial charge in [0, 0.05) is 24.7 Å². The Hall–Kier alpha value is -1.41. The summed E-state index contributed by atoms with van der Waals surface area (Å²) in [6.07, 6.45) is -2.06. The second-order valence-electron chi connectivity index (χ2n) is 4.39. The van der Waals surface area contributed by atoms with Crippen molar-refractivity contribution in [1.82, 2.24) is 4.90 Å². The van der Waals surface area contributed by atoms with Gasteiger partial charge in [-0.2, -0.15) is 0 Å². The number of β-amino-alcohol motifs (C(OH)–C–C–N with tert-alkyl or cyclic N) is 2. The van der Waals surface area contributed by atoms with Crippen molar-refractivity contribution in [3.8, 4) is 0 Å². The van der Waals surface area contributed by atoms with Gasteiger partial charge in [-0.05, 0) is 6.07 Å². The van der Waals surface area contributed by atoms with Crippen LogP contribution in [0.25, 0.3) is 0 Å². The fourth-order valence-electron chi connectivity index (χ4n) is 1.95. The summed E-state index contributed by atoms with van der Waals surface area (Å²) in [7, 11) is 0. The zero-order valence-electron chi connectivity index (χ0n) is 9.99. The third-order valence-corrected chi connectivity index (χ3v) is 3.79. The molecule has 0 aromatic heterocycles. The molecule has 1 aliphatic heterocycles. The number of aliphatic hydroxyl groups excluding tert-OH is 2. The SMILES string of the molecule is O=C(c1cc(Cl)c(Cl)c([N+](=O)[O-])c1)N1C[C@@H](O)[C@@H](O)C1. The van der Waals surface area contributed by atoms with Gasteiger partial charge in [-0.25, -0.2) is 0 Å². The molecular formula is C11H10Cl2N2O5. The van der Waals surface area contributed by atoms with Crippen molar-refractivity contribution in [2.24, 2.45) is 0 Å². The van der Waals surface area contributed by atoms with Crippen LogP contribution in [0, 0.1) is 10.1 Å². The molecule has 1 saturated heterocycles. The van der Waals surface area contributed by atoms with E-state index in [1.54, 1.807) is 0 Å². The summed E-state index contributed by atoms with van der Waals surface area (Å²) in [5.74, 6) is -0.567. The van der Waals surface area contributed by atoms with Crippen molar-refractivity contribution in [2.45, 2.75) is 12.2 Å². The third kappa shape index (κ3) is 2.71. The molecule has 2 N–H and O–H groups in total. The topological polar surface area (TPSA) is 104 Å². The van der Waals surface area contributed by atoms with E-state index in [4.69, 9.17) is 23.2 Å². The molecule has 1 aromatic carbocycles. The molecule has 9 heteroatoms. The predicted octanol–water partition coefficient (Wildman–Crippen LogP) is 1.08. The van der Waals surface area contributed by atoms with E-state index < -0.39 is 28.7 Å². The zero-order valence-corrected chi connectivity index (χ0v) is 11.5. The van der Waals surface area contributed by atoms with E-state index in [9.17, 15) is 25.1 Å². The van der Waals surface area contributed by atoms with E-state index >= 15 is 0 Å². The van der Waals surface area contributed by atoms with Crippen molar-refractivity contribution in [2.75, 3.05) is 13.1 Å². The van der Waals surface area contributed by atoms with Crippen molar-refractivity contribution >= 4 is 34.8 Å². The monoisotopic (exact) mass is 320 g/mol. The number of amides is 1. The lowest BCUT2D eigenvalue weighted by atomic mass is 10.1. The fourth-order valence-corrected chi connectivity index (χ4v) is 2.34. The van der Waals surface area contributed by atoms with Crippen LogP contribution in [0.2, 0.25) is 10.0 Å². The van der Waals surface area contributed by atoms with E-state index in [1.807, 2.05) is 0 Å². The van der Waals surface area contributed by atoms with Gasteiger partial charge >= 0.3 is 0 Å². The number of nitro benzene ring substituents is 1. The molecule has 0 bridgehead atoms. The summed E-state index contributed by atoms with van der Waals surface area (Å²) in [6.45, 7) is -0.0952. The molecule has 20 heavy (non-hydrogen) atoms. The van der Waals surface area contributed by atoms with Gasteiger partial charge in [-0.15, -0.1) is 0 Å². The Bertz CT molecular complexity index is 570. The molecule has 0 unspecified atom stereocenters. The van der Waals surface area contributed by atoms with Crippen LogP contribution in [-0.4, -0.2) is 51.2 Å². The second kappa shape index (κ2) is 5.53. The van der Waals surface area contributed by atoms with Gasteiger partial charge in [0.05, 0.1) is 22.2 Å². The molecule has 0 radical (unpaired) electrons. The van der Waals surface area contributed by atoms with Crippen LogP contribution in [-0.2, 0) is 0 Å². The maximum absolute atomic E-state index is 12.2. The number of aliphatic hydroxyl groups is 2. The number of benzene rings is 1. The molecule has 2 rings (SSSR count). The summed E-state index contributed by atoms with van der Waals surface area (Å²) in [4.78, 5) is 23.4. The van der Waals surface area contributed by atoms with Crippen molar-refractivity contribution in [3.63, 3.8) is 0 Å². The quantitative estimate of drug-likeness (QED) is 0.626. The van der Waals surface area contributed by atoms with Gasteiger partial charge in [-0.1, -0.05) is 23.2 Å². The maximum Gasteiger partial charge on any atom is 0.290 e. The van der Waals surface area contributed by atoms with Crippen LogP contribution in [0.4, 0.5) is 5.69 Å². The number of nitrogens with zero attached hydrogens (tertiary/aromatic N) is 2. The van der Waals surface area contributed by atoms with E-state index in [2.05, 4.69) is 0 Å². The lowest BCUT2D eigenvalue weighted by molar-refractivity contribution is -0.384. The molecule has 1 aromatic rings. The fraction of sp³-hybridized carbons (Fsp3) is 0.364. The van der Waals surface area contributed by atoms with E-state index in [0.29, 0.717) is 0 Å². The highest BCUT2D eigenvalue weighted by atomic mass is 35.5. The van der Waals surface area contributed by atoms with Crippen LogP contribution in [0.15, 0.2) is 12.1 Å². The van der Waals surface area contributed by atoms with Crippen molar-refractivity contribution in [1.29, 1.82) is 0 Å². The molecule has 2 atom stereocenters. The van der Waals surface area contributed by atoms with Crippen LogP contribution in [0.1, 0.15) is 10.4 Å². The number of likely N-dealkylation sites (tertiary alicyclic amines) is 1. The van der Waals surface area contributed by atoms with Crippen molar-refractivity contribution in [3.05, 3.63) is 37.9 Å². The van der Waals surface area contributed by atoms with Gasteiger partial charge in [-0.3, -0.25) is 14.9 Å². The molecule has 0 spiro atoms. The first-order valence-electron chi connectivity index (χ1n) is 5.60. The Morgan fingerprint density at radius 1 is 1.30 bits per heavy atom. The van der Waals surface area contributed by atoms with Gasteiger partial charge in [0.25, 0.3) is 11.6 Å². The molecule has 1 fully saturated rings. The van der Waals surface area contributed by atoms with Crippen LogP contribution in [0.3, 0.4) is 0 Å². The minimum absolute atomic E-state index is 0.0209. The third-order valence-electron chi connectivity index (χ3n) is 3.00. The highest BCUT2D eigenvalue weighted by Crippen LogP contribution is 2.33. The first-order valence-corrected chi connectivity index (χ1v) is 6.35. The minimum Gasteiger partial charge on any atom is -0.388 e. The number of rotatable bonds is 2. The van der Waals surface area contributed by atoms with Crippen molar-refractivity contribution < 1.29 is 19.9 Å². The number of hydrogen-bond donors (Lipinski definition) is 2. The summed E-state index contributed by atoms with van der Waals surface area (Å²) in [6, 6.07) is 2.24. The van der Waals surface area contributed by atoms with E-state index in [-0.39, 0.29) is 28.7 Å². The highest BCUT2D eigenvalue weighted by molar-refractivity contribution is 6.43. The highest BCUT2D eigenvalue weighted by Gasteiger charge is 2.33. The largest absolute Gasteiger partial charge is 0.388 e. The molecule has 7 nitrogen and oxygen atoms in total. The van der Waals surface area contributed by atoms with Crippen LogP contribution >= 0.6 is 23.2 Å². The lowest BCUT2D eigenvalue weighted by Gasteiger charge is -2.15. The smallest absolute Gasteiger partial charge is 0.290 e. The number of carbonyl (C=O) groups excluding carboxylic acids is 1. The number of halogens is 2. The Morgan fingerprint density at radius 2 is 1.85 bits per heavy atom. The molecule has 1 amide bonds.